The van der Waals surface area contributed by atoms with Gasteiger partial charge in [0.15, 0.2) is 0 Å². The highest BCUT2D eigenvalue weighted by molar-refractivity contribution is 5.95. The van der Waals surface area contributed by atoms with Gasteiger partial charge in [-0.1, -0.05) is 13.8 Å². The Morgan fingerprint density at radius 1 is 1.50 bits per heavy atom. The molecule has 0 saturated heterocycles. The smallest absolute Gasteiger partial charge is 0.326 e. The van der Waals surface area contributed by atoms with Gasteiger partial charge in [-0.25, -0.2) is 4.79 Å². The first-order chi connectivity index (χ1) is 8.31. The van der Waals surface area contributed by atoms with E-state index in [1.54, 1.807) is 17.8 Å². The van der Waals surface area contributed by atoms with Crippen LogP contribution in [0.15, 0.2) is 6.07 Å². The summed E-state index contributed by atoms with van der Waals surface area (Å²) >= 11 is 0. The van der Waals surface area contributed by atoms with Crippen molar-refractivity contribution in [3.05, 3.63) is 17.5 Å². The van der Waals surface area contributed by atoms with Crippen LogP contribution >= 0.6 is 0 Å². The summed E-state index contributed by atoms with van der Waals surface area (Å²) < 4.78 is 1.58. The predicted octanol–water partition coefficient (Wildman–Crippen LogP) is 0.958. The fourth-order valence-electron chi connectivity index (χ4n) is 1.60. The number of aliphatic carboxylic acids is 1. The molecule has 6 nitrogen and oxygen atoms in total. The zero-order chi connectivity index (χ0) is 13.9. The third-order valence-electron chi connectivity index (χ3n) is 2.66. The Labute approximate surface area is 106 Å². The summed E-state index contributed by atoms with van der Waals surface area (Å²) in [5, 5.41) is 15.5. The normalized spacial score (nSPS) is 12.5. The molecule has 1 atom stereocenters. The number of nitrogens with zero attached hydrogens (tertiary/aromatic N) is 2. The molecule has 1 amide bonds. The Kier molecular flexibility index (Phi) is 4.47. The molecule has 100 valence electrons. The Morgan fingerprint density at radius 3 is 2.50 bits per heavy atom. The van der Waals surface area contributed by atoms with Gasteiger partial charge in [-0.05, 0) is 25.3 Å². The molecule has 0 aliphatic heterocycles. The standard InChI is InChI=1S/C12H19N3O3/c1-7(2)5-10(12(17)18)13-11(16)9-6-8(3)15(4)14-9/h6-7,10H,5H2,1-4H3,(H,13,16)(H,17,18)/t10-/m1/s1. The zero-order valence-corrected chi connectivity index (χ0v) is 11.1. The van der Waals surface area contributed by atoms with Crippen molar-refractivity contribution in [2.75, 3.05) is 0 Å². The van der Waals surface area contributed by atoms with Crippen LogP contribution in [0, 0.1) is 12.8 Å². The molecule has 0 saturated carbocycles. The molecule has 6 heteroatoms. The molecule has 1 heterocycles. The Balaban J connectivity index is 2.75. The van der Waals surface area contributed by atoms with Crippen LogP contribution in [-0.2, 0) is 11.8 Å². The number of carboxylic acids is 1. The minimum atomic E-state index is -1.02. The summed E-state index contributed by atoms with van der Waals surface area (Å²) in [6, 6.07) is 0.753. The Morgan fingerprint density at radius 2 is 2.11 bits per heavy atom. The average Bonchev–Trinajstić information content (AvgIpc) is 2.57. The lowest BCUT2D eigenvalue weighted by molar-refractivity contribution is -0.139. The van der Waals surface area contributed by atoms with Crippen molar-refractivity contribution in [2.24, 2.45) is 13.0 Å². The van der Waals surface area contributed by atoms with Crippen LogP contribution < -0.4 is 5.32 Å². The van der Waals surface area contributed by atoms with Gasteiger partial charge in [0.25, 0.3) is 5.91 Å². The third-order valence-corrected chi connectivity index (χ3v) is 2.66. The highest BCUT2D eigenvalue weighted by Gasteiger charge is 2.22. The fourth-order valence-corrected chi connectivity index (χ4v) is 1.60. The summed E-state index contributed by atoms with van der Waals surface area (Å²) in [6.07, 6.45) is 0.396. The number of aryl methyl sites for hydroxylation is 2. The maximum absolute atomic E-state index is 11.9. The second-order valence-corrected chi connectivity index (χ2v) is 4.79. The van der Waals surface area contributed by atoms with E-state index in [1.807, 2.05) is 20.8 Å². The van der Waals surface area contributed by atoms with Gasteiger partial charge in [-0.15, -0.1) is 0 Å². The fraction of sp³-hybridized carbons (Fsp3) is 0.583. The largest absolute Gasteiger partial charge is 0.480 e. The molecule has 0 bridgehead atoms. The van der Waals surface area contributed by atoms with Gasteiger partial charge in [0.2, 0.25) is 0 Å². The molecule has 1 aromatic rings. The van der Waals surface area contributed by atoms with Gasteiger partial charge in [0.1, 0.15) is 11.7 Å². The highest BCUT2D eigenvalue weighted by atomic mass is 16.4. The molecular formula is C12H19N3O3. The maximum Gasteiger partial charge on any atom is 0.326 e. The van der Waals surface area contributed by atoms with Crippen LogP contribution in [0.3, 0.4) is 0 Å². The van der Waals surface area contributed by atoms with Crippen LogP contribution in [0.1, 0.15) is 36.5 Å². The molecule has 0 spiro atoms. The van der Waals surface area contributed by atoms with Crippen LogP contribution in [0.4, 0.5) is 0 Å². The molecule has 2 N–H and O–H groups in total. The second kappa shape index (κ2) is 5.66. The topological polar surface area (TPSA) is 84.2 Å². The number of nitrogens with one attached hydrogen (secondary N) is 1. The maximum atomic E-state index is 11.9. The lowest BCUT2D eigenvalue weighted by Gasteiger charge is -2.15. The molecule has 0 aliphatic carbocycles. The molecular weight excluding hydrogens is 234 g/mol. The summed E-state index contributed by atoms with van der Waals surface area (Å²) in [5.41, 5.74) is 1.08. The first kappa shape index (κ1) is 14.2. The van der Waals surface area contributed by atoms with Crippen LogP contribution in [-0.4, -0.2) is 32.8 Å². The number of amides is 1. The summed E-state index contributed by atoms with van der Waals surface area (Å²) in [6.45, 7) is 5.65. The third kappa shape index (κ3) is 3.58. The first-order valence-electron chi connectivity index (χ1n) is 5.85. The van der Waals surface area contributed by atoms with Gasteiger partial charge in [-0.3, -0.25) is 9.48 Å². The summed E-state index contributed by atoms with van der Waals surface area (Å²) in [4.78, 5) is 22.9. The number of hydrogen-bond donors (Lipinski definition) is 2. The van der Waals surface area contributed by atoms with E-state index >= 15 is 0 Å². The molecule has 0 fully saturated rings. The highest BCUT2D eigenvalue weighted by Crippen LogP contribution is 2.07. The van der Waals surface area contributed by atoms with E-state index in [2.05, 4.69) is 10.4 Å². The van der Waals surface area contributed by atoms with Crippen molar-refractivity contribution in [1.29, 1.82) is 0 Å². The minimum absolute atomic E-state index is 0.192. The molecule has 0 unspecified atom stereocenters. The van der Waals surface area contributed by atoms with E-state index < -0.39 is 17.9 Å². The lowest BCUT2D eigenvalue weighted by atomic mass is 10.0. The van der Waals surface area contributed by atoms with E-state index in [1.165, 1.54) is 0 Å². The number of carbonyl (C=O) groups excluding carboxylic acids is 1. The van der Waals surface area contributed by atoms with Crippen molar-refractivity contribution < 1.29 is 14.7 Å². The summed E-state index contributed by atoms with van der Waals surface area (Å²) in [7, 11) is 1.73. The van der Waals surface area contributed by atoms with E-state index in [-0.39, 0.29) is 11.6 Å². The Bertz CT molecular complexity index is 432. The number of rotatable bonds is 5. The second-order valence-electron chi connectivity index (χ2n) is 4.79. The van der Waals surface area contributed by atoms with Crippen molar-refractivity contribution in [3.8, 4) is 0 Å². The van der Waals surface area contributed by atoms with E-state index in [4.69, 9.17) is 5.11 Å². The molecule has 0 radical (unpaired) electrons. The number of aromatic nitrogens is 2. The SMILES string of the molecule is Cc1cc(C(=O)N[C@H](CC(C)C)C(=O)O)nn1C. The van der Waals surface area contributed by atoms with Crippen LogP contribution in [0.2, 0.25) is 0 Å². The molecule has 0 aliphatic rings. The van der Waals surface area contributed by atoms with Crippen molar-refractivity contribution in [3.63, 3.8) is 0 Å². The molecule has 1 aromatic heterocycles. The minimum Gasteiger partial charge on any atom is -0.480 e. The Hall–Kier alpha value is -1.85. The molecule has 18 heavy (non-hydrogen) atoms. The van der Waals surface area contributed by atoms with E-state index in [9.17, 15) is 9.59 Å². The van der Waals surface area contributed by atoms with E-state index in [0.717, 1.165) is 5.69 Å². The van der Waals surface area contributed by atoms with Gasteiger partial charge >= 0.3 is 5.97 Å². The zero-order valence-electron chi connectivity index (χ0n) is 11.1. The monoisotopic (exact) mass is 253 g/mol. The van der Waals surface area contributed by atoms with Crippen LogP contribution in [0.25, 0.3) is 0 Å². The number of hydrogen-bond acceptors (Lipinski definition) is 3. The van der Waals surface area contributed by atoms with Crippen LogP contribution in [0.5, 0.6) is 0 Å². The first-order valence-corrected chi connectivity index (χ1v) is 5.85. The van der Waals surface area contributed by atoms with Gasteiger partial charge < -0.3 is 10.4 Å². The van der Waals surface area contributed by atoms with Crippen molar-refractivity contribution in [2.45, 2.75) is 33.2 Å². The molecule has 1 rings (SSSR count). The van der Waals surface area contributed by atoms with E-state index in [0.29, 0.717) is 6.42 Å². The van der Waals surface area contributed by atoms with Gasteiger partial charge in [0, 0.05) is 12.7 Å². The quantitative estimate of drug-likeness (QED) is 0.818. The van der Waals surface area contributed by atoms with Crippen molar-refractivity contribution in [1.82, 2.24) is 15.1 Å². The number of carboxylic acid groups (broad SMARTS) is 1. The molecule has 0 aromatic carbocycles. The lowest BCUT2D eigenvalue weighted by Crippen LogP contribution is -2.41. The number of carbonyl (C=O) groups is 2. The van der Waals surface area contributed by atoms with Crippen molar-refractivity contribution >= 4 is 11.9 Å². The van der Waals surface area contributed by atoms with Gasteiger partial charge in [-0.2, -0.15) is 5.10 Å². The van der Waals surface area contributed by atoms with Gasteiger partial charge in [0.05, 0.1) is 0 Å². The average molecular weight is 253 g/mol. The predicted molar refractivity (Wildman–Crippen MR) is 66.3 cm³/mol. The summed E-state index contributed by atoms with van der Waals surface area (Å²) in [5.74, 6) is -1.28.